The number of hydrogen-bond acceptors (Lipinski definition) is 3. The van der Waals surface area contributed by atoms with E-state index in [0.717, 1.165) is 23.1 Å². The number of aliphatic hydroxyl groups excluding tert-OH is 1. The minimum Gasteiger partial charge on any atom is -0.386 e. The highest BCUT2D eigenvalue weighted by Gasteiger charge is 2.25. The Balaban J connectivity index is 1.48. The SMILES string of the molecule is O=C(Cc1ccc2ccccc2c1)N(CC1CCC1)CC(O)c1cccnc1. The lowest BCUT2D eigenvalue weighted by Crippen LogP contribution is -2.40. The van der Waals surface area contributed by atoms with Crippen LogP contribution < -0.4 is 0 Å². The van der Waals surface area contributed by atoms with Gasteiger partial charge in [0.2, 0.25) is 5.91 Å². The van der Waals surface area contributed by atoms with Crippen molar-refractivity contribution in [3.05, 3.63) is 78.1 Å². The van der Waals surface area contributed by atoms with Crippen LogP contribution >= 0.6 is 0 Å². The molecule has 1 fully saturated rings. The molecule has 1 atom stereocenters. The van der Waals surface area contributed by atoms with E-state index in [4.69, 9.17) is 0 Å². The number of carbonyl (C=O) groups is 1. The zero-order valence-electron chi connectivity index (χ0n) is 16.0. The predicted octanol–water partition coefficient (Wildman–Crippen LogP) is 4.14. The highest BCUT2D eigenvalue weighted by molar-refractivity contribution is 5.85. The van der Waals surface area contributed by atoms with Gasteiger partial charge < -0.3 is 10.0 Å². The summed E-state index contributed by atoms with van der Waals surface area (Å²) in [4.78, 5) is 19.0. The van der Waals surface area contributed by atoms with Crippen molar-refractivity contribution in [2.24, 2.45) is 5.92 Å². The molecule has 28 heavy (non-hydrogen) atoms. The number of carbonyl (C=O) groups excluding carboxylic acids is 1. The first kappa shape index (κ1) is 18.6. The van der Waals surface area contributed by atoms with Crippen LogP contribution in [-0.4, -0.2) is 34.0 Å². The Morgan fingerprint density at radius 1 is 1.11 bits per heavy atom. The van der Waals surface area contributed by atoms with Gasteiger partial charge in [-0.05, 0) is 41.2 Å². The number of aromatic nitrogens is 1. The second-order valence-electron chi connectivity index (χ2n) is 7.76. The van der Waals surface area contributed by atoms with Crippen LogP contribution in [-0.2, 0) is 11.2 Å². The van der Waals surface area contributed by atoms with Crippen molar-refractivity contribution < 1.29 is 9.90 Å². The molecule has 2 aromatic carbocycles. The van der Waals surface area contributed by atoms with Crippen molar-refractivity contribution in [1.29, 1.82) is 0 Å². The number of hydrogen-bond donors (Lipinski definition) is 1. The molecule has 1 N–H and O–H groups in total. The first-order valence-corrected chi connectivity index (χ1v) is 10.0. The fourth-order valence-corrected chi connectivity index (χ4v) is 3.79. The Labute approximate surface area is 165 Å². The summed E-state index contributed by atoms with van der Waals surface area (Å²) in [7, 11) is 0. The Morgan fingerprint density at radius 2 is 1.93 bits per heavy atom. The molecule has 1 unspecified atom stereocenters. The molecule has 0 aliphatic heterocycles. The topological polar surface area (TPSA) is 53.4 Å². The molecule has 3 aromatic rings. The van der Waals surface area contributed by atoms with Gasteiger partial charge in [-0.1, -0.05) is 55.0 Å². The van der Waals surface area contributed by atoms with Gasteiger partial charge in [-0.15, -0.1) is 0 Å². The first-order chi connectivity index (χ1) is 13.7. The molecule has 4 rings (SSSR count). The molecule has 1 aliphatic carbocycles. The Hall–Kier alpha value is -2.72. The third-order valence-corrected chi connectivity index (χ3v) is 5.69. The van der Waals surface area contributed by atoms with Gasteiger partial charge in [-0.3, -0.25) is 9.78 Å². The monoisotopic (exact) mass is 374 g/mol. The summed E-state index contributed by atoms with van der Waals surface area (Å²) in [6, 6.07) is 18.0. The molecule has 144 valence electrons. The van der Waals surface area contributed by atoms with Crippen LogP contribution in [0.1, 0.15) is 36.5 Å². The van der Waals surface area contributed by atoms with Crippen LogP contribution in [0.15, 0.2) is 67.0 Å². The van der Waals surface area contributed by atoms with E-state index in [1.54, 1.807) is 12.4 Å². The maximum Gasteiger partial charge on any atom is 0.227 e. The number of pyridine rings is 1. The van der Waals surface area contributed by atoms with Gasteiger partial charge in [-0.25, -0.2) is 0 Å². The average molecular weight is 374 g/mol. The van der Waals surface area contributed by atoms with E-state index in [0.29, 0.717) is 18.9 Å². The largest absolute Gasteiger partial charge is 0.386 e. The maximum atomic E-state index is 13.1. The van der Waals surface area contributed by atoms with Gasteiger partial charge in [-0.2, -0.15) is 0 Å². The molecule has 1 amide bonds. The average Bonchev–Trinajstić information content (AvgIpc) is 2.70. The molecule has 1 saturated carbocycles. The van der Waals surface area contributed by atoms with Gasteiger partial charge >= 0.3 is 0 Å². The standard InChI is InChI=1S/C24H26N2O2/c27-23(22-9-4-12-25-15-22)17-26(16-18-5-3-6-18)24(28)14-19-10-11-20-7-1-2-8-21(20)13-19/h1-2,4,7-13,15,18,23,27H,3,5-6,14,16-17H2. The predicted molar refractivity (Wildman–Crippen MR) is 111 cm³/mol. The van der Waals surface area contributed by atoms with Crippen LogP contribution in [0.4, 0.5) is 0 Å². The zero-order valence-corrected chi connectivity index (χ0v) is 16.0. The summed E-state index contributed by atoms with van der Waals surface area (Å²) in [6.45, 7) is 1.04. The van der Waals surface area contributed by atoms with Crippen molar-refractivity contribution in [2.45, 2.75) is 31.8 Å². The summed E-state index contributed by atoms with van der Waals surface area (Å²) >= 11 is 0. The normalized spacial score (nSPS) is 15.2. The van der Waals surface area contributed by atoms with Gasteiger partial charge in [0.05, 0.1) is 19.1 Å². The van der Waals surface area contributed by atoms with Crippen LogP contribution in [0.2, 0.25) is 0 Å². The van der Waals surface area contributed by atoms with Crippen molar-refractivity contribution in [1.82, 2.24) is 9.88 Å². The van der Waals surface area contributed by atoms with Gasteiger partial charge in [0.15, 0.2) is 0 Å². The highest BCUT2D eigenvalue weighted by atomic mass is 16.3. The van der Waals surface area contributed by atoms with Crippen molar-refractivity contribution in [3.63, 3.8) is 0 Å². The quantitative estimate of drug-likeness (QED) is 0.676. The van der Waals surface area contributed by atoms with Crippen LogP contribution in [0, 0.1) is 5.92 Å². The summed E-state index contributed by atoms with van der Waals surface area (Å²) in [5, 5.41) is 12.9. The third kappa shape index (κ3) is 4.39. The molecule has 0 saturated heterocycles. The second kappa shape index (κ2) is 8.53. The van der Waals surface area contributed by atoms with E-state index >= 15 is 0 Å². The van der Waals surface area contributed by atoms with Gasteiger partial charge in [0.1, 0.15) is 0 Å². The molecule has 4 nitrogen and oxygen atoms in total. The number of aliphatic hydroxyl groups is 1. The number of fused-ring (bicyclic) bond motifs is 1. The minimum absolute atomic E-state index is 0.0742. The third-order valence-electron chi connectivity index (χ3n) is 5.69. The van der Waals surface area contributed by atoms with E-state index in [1.807, 2.05) is 35.2 Å². The number of nitrogens with zero attached hydrogens (tertiary/aromatic N) is 2. The Morgan fingerprint density at radius 3 is 2.64 bits per heavy atom. The van der Waals surface area contributed by atoms with Crippen molar-refractivity contribution >= 4 is 16.7 Å². The molecule has 0 radical (unpaired) electrons. The van der Waals surface area contributed by atoms with E-state index in [-0.39, 0.29) is 5.91 Å². The molecule has 0 bridgehead atoms. The van der Waals surface area contributed by atoms with Crippen LogP contribution in [0.25, 0.3) is 10.8 Å². The van der Waals surface area contributed by atoms with E-state index < -0.39 is 6.10 Å². The lowest BCUT2D eigenvalue weighted by atomic mass is 9.85. The molecular formula is C24H26N2O2. The molecule has 4 heteroatoms. The van der Waals surface area contributed by atoms with Crippen LogP contribution in [0.5, 0.6) is 0 Å². The number of rotatable bonds is 7. The highest BCUT2D eigenvalue weighted by Crippen LogP contribution is 2.28. The molecule has 1 aromatic heterocycles. The van der Waals surface area contributed by atoms with E-state index in [9.17, 15) is 9.90 Å². The summed E-state index contributed by atoms with van der Waals surface area (Å²) in [5.41, 5.74) is 1.76. The smallest absolute Gasteiger partial charge is 0.227 e. The maximum absolute atomic E-state index is 13.1. The Bertz CT molecular complexity index is 938. The number of benzene rings is 2. The summed E-state index contributed by atoms with van der Waals surface area (Å²) in [6.07, 6.45) is 6.58. The Kier molecular flexibility index (Phi) is 5.68. The van der Waals surface area contributed by atoms with Gasteiger partial charge in [0, 0.05) is 24.5 Å². The molecule has 1 heterocycles. The summed E-state index contributed by atoms with van der Waals surface area (Å²) < 4.78 is 0. The van der Waals surface area contributed by atoms with Gasteiger partial charge in [0.25, 0.3) is 0 Å². The second-order valence-corrected chi connectivity index (χ2v) is 7.76. The minimum atomic E-state index is -0.714. The lowest BCUT2D eigenvalue weighted by Gasteiger charge is -2.33. The zero-order chi connectivity index (χ0) is 19.3. The van der Waals surface area contributed by atoms with E-state index in [1.165, 1.54) is 24.6 Å². The summed E-state index contributed by atoms with van der Waals surface area (Å²) in [5.74, 6) is 0.631. The van der Waals surface area contributed by atoms with Crippen molar-refractivity contribution in [2.75, 3.05) is 13.1 Å². The van der Waals surface area contributed by atoms with Crippen molar-refractivity contribution in [3.8, 4) is 0 Å². The first-order valence-electron chi connectivity index (χ1n) is 10.0. The van der Waals surface area contributed by atoms with Crippen LogP contribution in [0.3, 0.4) is 0 Å². The fraction of sp³-hybridized carbons (Fsp3) is 0.333. The molecular weight excluding hydrogens is 348 g/mol. The number of amides is 1. The molecule has 0 spiro atoms. The fourth-order valence-electron chi connectivity index (χ4n) is 3.79. The lowest BCUT2D eigenvalue weighted by molar-refractivity contribution is -0.133. The molecule has 1 aliphatic rings. The van der Waals surface area contributed by atoms with E-state index in [2.05, 4.69) is 29.2 Å².